The van der Waals surface area contributed by atoms with E-state index in [1.807, 2.05) is 0 Å². The summed E-state index contributed by atoms with van der Waals surface area (Å²) in [5, 5.41) is 0. The van der Waals surface area contributed by atoms with E-state index in [2.05, 4.69) is 53.6 Å². The Hall–Kier alpha value is 1.70. The summed E-state index contributed by atoms with van der Waals surface area (Å²) >= 11 is 14.7. The fourth-order valence-corrected chi connectivity index (χ4v) is 0. The van der Waals surface area contributed by atoms with E-state index in [1.54, 1.807) is 12.5 Å². The minimum atomic E-state index is 1.58. The van der Waals surface area contributed by atoms with Crippen LogP contribution in [0.4, 0.5) is 0 Å². The molecule has 0 unspecified atom stereocenters. The average Bonchev–Trinajstić information content (AvgIpc) is 1.81. The summed E-state index contributed by atoms with van der Waals surface area (Å²) in [4.78, 5) is 0. The number of rotatable bonds is 0. The van der Waals surface area contributed by atoms with E-state index in [9.17, 15) is 0 Å². The van der Waals surface area contributed by atoms with Crippen molar-refractivity contribution in [3.63, 3.8) is 0 Å². The predicted octanol–water partition coefficient (Wildman–Crippen LogP) is 1.17. The Morgan fingerprint density at radius 1 is 1.00 bits per heavy atom. The zero-order valence-electron chi connectivity index (χ0n) is 3.50. The first-order valence-electron chi connectivity index (χ1n) is 0.930. The quantitative estimate of drug-likeness (QED) is 0.458. The topological polar surface area (TPSA) is 0 Å². The molecular formula is C2H6BrCuS2-2. The molecule has 0 saturated heterocycles. The van der Waals surface area contributed by atoms with Crippen molar-refractivity contribution in [2.75, 3.05) is 12.5 Å². The molecule has 0 spiro atoms. The monoisotopic (exact) mass is 236 g/mol. The molecule has 4 heteroatoms. The van der Waals surface area contributed by atoms with Crippen molar-refractivity contribution in [3.05, 3.63) is 0 Å². The Morgan fingerprint density at radius 2 is 1.00 bits per heavy atom. The number of halogens is 1. The first kappa shape index (κ1) is 15.6. The Bertz CT molecular complexity index is 11.5. The molecule has 0 amide bonds. The van der Waals surface area contributed by atoms with Gasteiger partial charge in [0.25, 0.3) is 0 Å². The predicted molar refractivity (Wildman–Crippen MR) is 35.5 cm³/mol. The summed E-state index contributed by atoms with van der Waals surface area (Å²) < 4.78 is 0. The maximum atomic E-state index is 4.08. The number of hydrogen-bond acceptors (Lipinski definition) is 2. The van der Waals surface area contributed by atoms with Crippen molar-refractivity contribution in [2.24, 2.45) is 0 Å². The maximum absolute atomic E-state index is 4.08. The van der Waals surface area contributed by atoms with E-state index in [-0.39, 0.29) is 0 Å². The van der Waals surface area contributed by atoms with Crippen LogP contribution in [0.5, 0.6) is 0 Å². The van der Waals surface area contributed by atoms with E-state index in [4.69, 9.17) is 0 Å². The van der Waals surface area contributed by atoms with Crippen molar-refractivity contribution in [2.45, 2.75) is 0 Å². The van der Waals surface area contributed by atoms with Crippen molar-refractivity contribution in [1.82, 2.24) is 0 Å². The van der Waals surface area contributed by atoms with Gasteiger partial charge in [-0.05, 0) is 0 Å². The molecule has 0 aromatic rings. The Morgan fingerprint density at radius 3 is 1.00 bits per heavy atom. The molecule has 0 N–H and O–H groups in total. The third-order valence-corrected chi connectivity index (χ3v) is 0. The second kappa shape index (κ2) is 75.3. The van der Waals surface area contributed by atoms with Gasteiger partial charge in [0.05, 0.1) is 0 Å². The van der Waals surface area contributed by atoms with Crippen LogP contribution in [0.25, 0.3) is 0 Å². The summed E-state index contributed by atoms with van der Waals surface area (Å²) in [6.07, 6.45) is 3.17. The fraction of sp³-hybridized carbons (Fsp3) is 1.00. The first-order chi connectivity index (χ1) is 3.00. The molecule has 0 heterocycles. The summed E-state index contributed by atoms with van der Waals surface area (Å²) in [6.45, 7) is 0. The fourth-order valence-electron chi connectivity index (χ4n) is 0. The molecule has 0 rings (SSSR count). The third-order valence-electron chi connectivity index (χ3n) is 0. The molecule has 0 aliphatic carbocycles. The van der Waals surface area contributed by atoms with Crippen LogP contribution in [0.3, 0.4) is 0 Å². The van der Waals surface area contributed by atoms with Gasteiger partial charge in [0, 0.05) is 0 Å². The third kappa shape index (κ3) is 43.6. The van der Waals surface area contributed by atoms with Gasteiger partial charge in [-0.3, -0.25) is 0 Å². The van der Waals surface area contributed by atoms with Gasteiger partial charge in [-0.25, -0.2) is 0 Å². The van der Waals surface area contributed by atoms with Crippen LogP contribution in [0.1, 0.15) is 0 Å². The molecule has 0 bridgehead atoms. The van der Waals surface area contributed by atoms with Crippen LogP contribution in [0, 0.1) is 0 Å². The molecule has 0 atom stereocenters. The Balaban J connectivity index is -0.0000000225. The second-order valence-electron chi connectivity index (χ2n) is 0. The van der Waals surface area contributed by atoms with Crippen molar-refractivity contribution in [3.8, 4) is 0 Å². The normalized spacial score (nSPS) is 3.17. The molecule has 0 aromatic heterocycles. The van der Waals surface area contributed by atoms with Crippen LogP contribution in [0.15, 0.2) is 0 Å². The van der Waals surface area contributed by atoms with Gasteiger partial charge in [0.2, 0.25) is 0 Å². The summed E-state index contributed by atoms with van der Waals surface area (Å²) in [7, 11) is 0. The van der Waals surface area contributed by atoms with E-state index in [1.165, 1.54) is 0 Å². The van der Waals surface area contributed by atoms with Gasteiger partial charge in [-0.15, -0.1) is 0 Å². The number of hydrogen-bond donors (Lipinski definition) is 0. The molecule has 6 heavy (non-hydrogen) atoms. The minimum absolute atomic E-state index is 1.58. The Kier molecular flexibility index (Phi) is 197. The van der Waals surface area contributed by atoms with Gasteiger partial charge in [-0.1, -0.05) is 0 Å². The van der Waals surface area contributed by atoms with Gasteiger partial charge in [-0.2, -0.15) is 12.5 Å². The van der Waals surface area contributed by atoms with Gasteiger partial charge in [0.1, 0.15) is 0 Å². The molecule has 0 nitrogen and oxygen atoms in total. The molecule has 0 aliphatic rings. The van der Waals surface area contributed by atoms with Crippen LogP contribution in [-0.4, -0.2) is 12.5 Å². The standard InChI is InChI=1S/2CH4S.BrH.Cu/c2*1-2;;/h2*2H,1H3;1H;/q;;;+1/p-3. The zero-order chi connectivity index (χ0) is 6.00. The van der Waals surface area contributed by atoms with Gasteiger partial charge >= 0.3 is 28.3 Å². The van der Waals surface area contributed by atoms with E-state index >= 15 is 0 Å². The van der Waals surface area contributed by atoms with Crippen molar-refractivity contribution in [1.29, 1.82) is 0 Å². The van der Waals surface area contributed by atoms with E-state index < -0.39 is 0 Å². The zero-order valence-corrected chi connectivity index (χ0v) is 7.66. The van der Waals surface area contributed by atoms with Crippen LogP contribution in [0.2, 0.25) is 0 Å². The van der Waals surface area contributed by atoms with E-state index in [0.29, 0.717) is 0 Å². The summed E-state index contributed by atoms with van der Waals surface area (Å²) in [5.74, 6) is 0. The molecule has 0 aliphatic heterocycles. The molecule has 0 fully saturated rings. The van der Waals surface area contributed by atoms with Crippen LogP contribution < -0.4 is 0 Å². The van der Waals surface area contributed by atoms with E-state index in [0.717, 1.165) is 0 Å². The second-order valence-corrected chi connectivity index (χ2v) is 0. The van der Waals surface area contributed by atoms with Crippen LogP contribution >= 0.6 is 14.1 Å². The summed E-state index contributed by atoms with van der Waals surface area (Å²) in [6, 6.07) is 0. The molecule has 0 aromatic carbocycles. The molecular weight excluding hydrogens is 232 g/mol. The van der Waals surface area contributed by atoms with Crippen molar-refractivity contribution >= 4 is 39.4 Å². The Labute approximate surface area is 65.8 Å². The molecule has 46 valence electrons. The molecule has 0 radical (unpaired) electrons. The van der Waals surface area contributed by atoms with Gasteiger partial charge in [0.15, 0.2) is 0 Å². The average molecular weight is 238 g/mol. The first-order valence-corrected chi connectivity index (χ1v) is 4.89. The molecule has 0 saturated carbocycles. The summed E-state index contributed by atoms with van der Waals surface area (Å²) in [5.41, 5.74) is 0. The van der Waals surface area contributed by atoms with Crippen molar-refractivity contribution < 1.29 is 14.2 Å². The van der Waals surface area contributed by atoms with Crippen LogP contribution in [-0.2, 0) is 39.5 Å². The van der Waals surface area contributed by atoms with Gasteiger partial charge < -0.3 is 25.3 Å². The SMILES string of the molecule is C[S-].C[S-].[Cu][Br].